The number of hydrogen-bond acceptors (Lipinski definition) is 6. The van der Waals surface area contributed by atoms with Crippen molar-refractivity contribution < 1.29 is 19.1 Å². The van der Waals surface area contributed by atoms with Gasteiger partial charge in [0.25, 0.3) is 5.91 Å². The summed E-state index contributed by atoms with van der Waals surface area (Å²) in [6, 6.07) is 13.2. The minimum Gasteiger partial charge on any atom is -0.487 e. The molecular formula is C21H19ClN2O4S. The van der Waals surface area contributed by atoms with E-state index in [4.69, 9.17) is 21.1 Å². The van der Waals surface area contributed by atoms with Crippen LogP contribution in [0.1, 0.15) is 34.1 Å². The molecule has 0 aliphatic heterocycles. The molecule has 0 saturated heterocycles. The number of halogens is 1. The smallest absolute Gasteiger partial charge is 0.307 e. The van der Waals surface area contributed by atoms with Gasteiger partial charge in [-0.25, -0.2) is 4.98 Å². The summed E-state index contributed by atoms with van der Waals surface area (Å²) in [5.41, 5.74) is 3.68. The summed E-state index contributed by atoms with van der Waals surface area (Å²) in [6.45, 7) is 0.364. The second-order valence-corrected chi connectivity index (χ2v) is 7.25. The highest BCUT2D eigenvalue weighted by Crippen LogP contribution is 2.26. The van der Waals surface area contributed by atoms with E-state index in [0.29, 0.717) is 28.5 Å². The van der Waals surface area contributed by atoms with Gasteiger partial charge in [0.05, 0.1) is 30.8 Å². The van der Waals surface area contributed by atoms with Crippen LogP contribution in [-0.4, -0.2) is 24.0 Å². The largest absolute Gasteiger partial charge is 0.487 e. The van der Waals surface area contributed by atoms with Gasteiger partial charge in [-0.1, -0.05) is 29.8 Å². The van der Waals surface area contributed by atoms with Gasteiger partial charge >= 0.3 is 5.97 Å². The molecule has 2 aromatic carbocycles. The van der Waals surface area contributed by atoms with E-state index in [0.717, 1.165) is 5.69 Å². The van der Waals surface area contributed by atoms with Gasteiger partial charge in [0, 0.05) is 16.0 Å². The van der Waals surface area contributed by atoms with Gasteiger partial charge < -0.3 is 14.8 Å². The van der Waals surface area contributed by atoms with Crippen LogP contribution in [0.15, 0.2) is 59.4 Å². The zero-order valence-electron chi connectivity index (χ0n) is 15.6. The minimum absolute atomic E-state index is 0.0270. The highest BCUT2D eigenvalue weighted by molar-refractivity contribution is 7.07. The molecule has 3 rings (SSSR count). The summed E-state index contributed by atoms with van der Waals surface area (Å²) in [5, 5.41) is 5.24. The summed E-state index contributed by atoms with van der Waals surface area (Å²) < 4.78 is 10.4. The van der Waals surface area contributed by atoms with Crippen molar-refractivity contribution in [2.24, 2.45) is 0 Å². The molecule has 6 nitrogen and oxygen atoms in total. The van der Waals surface area contributed by atoms with Crippen molar-refractivity contribution in [1.29, 1.82) is 0 Å². The fourth-order valence-electron chi connectivity index (χ4n) is 2.66. The van der Waals surface area contributed by atoms with Crippen LogP contribution in [0.4, 0.5) is 0 Å². The van der Waals surface area contributed by atoms with Crippen molar-refractivity contribution in [3.8, 4) is 5.75 Å². The van der Waals surface area contributed by atoms with Crippen LogP contribution in [0, 0.1) is 0 Å². The maximum atomic E-state index is 12.7. The predicted molar refractivity (Wildman–Crippen MR) is 111 cm³/mol. The Morgan fingerprint density at radius 3 is 2.59 bits per heavy atom. The molecule has 0 radical (unpaired) electrons. The molecule has 1 unspecified atom stereocenters. The molecule has 0 aliphatic rings. The SMILES string of the molecule is COC(=O)CC(NC(=O)c1ccc(OCc2cscn2)cc1)c1ccccc1Cl. The fourth-order valence-corrected chi connectivity index (χ4v) is 3.47. The highest BCUT2D eigenvalue weighted by atomic mass is 35.5. The van der Waals surface area contributed by atoms with Crippen LogP contribution in [0.3, 0.4) is 0 Å². The summed E-state index contributed by atoms with van der Waals surface area (Å²) in [6.07, 6.45) is -0.0270. The topological polar surface area (TPSA) is 77.5 Å². The Kier molecular flexibility index (Phi) is 7.21. The van der Waals surface area contributed by atoms with Crippen molar-refractivity contribution in [3.05, 3.63) is 81.3 Å². The highest BCUT2D eigenvalue weighted by Gasteiger charge is 2.21. The standard InChI is InChI=1S/C21H19ClN2O4S/c1-27-20(25)10-19(17-4-2-3-5-18(17)22)24-21(26)14-6-8-16(9-7-14)28-11-15-12-29-13-23-15/h2-9,12-13,19H,10-11H2,1H3,(H,24,26). The number of nitrogens with zero attached hydrogens (tertiary/aromatic N) is 1. The van der Waals surface area contributed by atoms with Gasteiger partial charge in [-0.05, 0) is 35.9 Å². The van der Waals surface area contributed by atoms with Crippen LogP contribution in [0.2, 0.25) is 5.02 Å². The molecule has 0 saturated carbocycles. The van der Waals surface area contributed by atoms with Crippen molar-refractivity contribution >= 4 is 34.8 Å². The van der Waals surface area contributed by atoms with E-state index in [1.807, 2.05) is 5.38 Å². The first-order valence-electron chi connectivity index (χ1n) is 8.79. The van der Waals surface area contributed by atoms with Crippen LogP contribution >= 0.6 is 22.9 Å². The number of aromatic nitrogens is 1. The Balaban J connectivity index is 1.68. The quantitative estimate of drug-likeness (QED) is 0.535. The molecule has 0 spiro atoms. The number of carbonyl (C=O) groups excluding carboxylic acids is 2. The number of methoxy groups -OCH3 is 1. The molecule has 1 heterocycles. The van der Waals surface area contributed by atoms with Gasteiger partial charge in [-0.2, -0.15) is 0 Å². The summed E-state index contributed by atoms with van der Waals surface area (Å²) in [5.74, 6) is -0.141. The number of esters is 1. The van der Waals surface area contributed by atoms with Crippen molar-refractivity contribution in [2.45, 2.75) is 19.1 Å². The van der Waals surface area contributed by atoms with Crippen molar-refractivity contribution in [3.63, 3.8) is 0 Å². The lowest BCUT2D eigenvalue weighted by molar-refractivity contribution is -0.141. The van der Waals surface area contributed by atoms with Gasteiger partial charge in [0.1, 0.15) is 12.4 Å². The van der Waals surface area contributed by atoms with E-state index in [1.165, 1.54) is 18.4 Å². The minimum atomic E-state index is -0.607. The molecular weight excluding hydrogens is 412 g/mol. The predicted octanol–water partition coefficient (Wildman–Crippen LogP) is 4.41. The normalized spacial score (nSPS) is 11.5. The van der Waals surface area contributed by atoms with Gasteiger partial charge in [-0.15, -0.1) is 11.3 Å². The van der Waals surface area contributed by atoms with E-state index in [9.17, 15) is 9.59 Å². The van der Waals surface area contributed by atoms with Crippen molar-refractivity contribution in [1.82, 2.24) is 10.3 Å². The lowest BCUT2D eigenvalue weighted by Crippen LogP contribution is -2.30. The maximum absolute atomic E-state index is 12.7. The number of ether oxygens (including phenoxy) is 2. The molecule has 0 aliphatic carbocycles. The first kappa shape index (κ1) is 20.8. The zero-order valence-corrected chi connectivity index (χ0v) is 17.2. The Hall–Kier alpha value is -2.90. The number of thiazole rings is 1. The second-order valence-electron chi connectivity index (χ2n) is 6.12. The lowest BCUT2D eigenvalue weighted by Gasteiger charge is -2.19. The molecule has 0 bridgehead atoms. The second kappa shape index (κ2) is 10.0. The third-order valence-electron chi connectivity index (χ3n) is 4.17. The monoisotopic (exact) mass is 430 g/mol. The number of rotatable bonds is 8. The van der Waals surface area contributed by atoms with Crippen LogP contribution < -0.4 is 10.1 Å². The molecule has 1 amide bonds. The van der Waals surface area contributed by atoms with E-state index < -0.39 is 12.0 Å². The van der Waals surface area contributed by atoms with Gasteiger partial charge in [0.15, 0.2) is 0 Å². The number of nitrogens with one attached hydrogen (secondary N) is 1. The molecule has 3 aromatic rings. The lowest BCUT2D eigenvalue weighted by atomic mass is 10.0. The molecule has 29 heavy (non-hydrogen) atoms. The number of carbonyl (C=O) groups is 2. The summed E-state index contributed by atoms with van der Waals surface area (Å²) in [7, 11) is 1.30. The van der Waals surface area contributed by atoms with Gasteiger partial charge in [-0.3, -0.25) is 9.59 Å². The van der Waals surface area contributed by atoms with Crippen LogP contribution in [-0.2, 0) is 16.1 Å². The van der Waals surface area contributed by atoms with Crippen LogP contribution in [0.25, 0.3) is 0 Å². The first-order chi connectivity index (χ1) is 14.1. The fraction of sp³-hybridized carbons (Fsp3) is 0.190. The maximum Gasteiger partial charge on any atom is 0.307 e. The number of hydrogen-bond donors (Lipinski definition) is 1. The Morgan fingerprint density at radius 2 is 1.93 bits per heavy atom. The molecule has 150 valence electrons. The molecule has 1 N–H and O–H groups in total. The van der Waals surface area contributed by atoms with E-state index in [1.54, 1.807) is 54.0 Å². The molecule has 1 atom stereocenters. The third kappa shape index (κ3) is 5.79. The van der Waals surface area contributed by atoms with Crippen molar-refractivity contribution in [2.75, 3.05) is 7.11 Å². The average Bonchev–Trinajstić information content (AvgIpc) is 3.26. The molecule has 0 fully saturated rings. The summed E-state index contributed by atoms with van der Waals surface area (Å²) in [4.78, 5) is 28.7. The van der Waals surface area contributed by atoms with E-state index in [-0.39, 0.29) is 12.3 Å². The third-order valence-corrected chi connectivity index (χ3v) is 5.15. The molecule has 8 heteroatoms. The Labute approximate surface area is 177 Å². The van der Waals surface area contributed by atoms with Gasteiger partial charge in [0.2, 0.25) is 0 Å². The van der Waals surface area contributed by atoms with E-state index >= 15 is 0 Å². The average molecular weight is 431 g/mol. The Morgan fingerprint density at radius 1 is 1.17 bits per heavy atom. The number of amides is 1. The Bertz CT molecular complexity index is 961. The first-order valence-corrected chi connectivity index (χ1v) is 10.1. The summed E-state index contributed by atoms with van der Waals surface area (Å²) >= 11 is 7.75. The van der Waals surface area contributed by atoms with Crippen LogP contribution in [0.5, 0.6) is 5.75 Å². The molecule has 1 aromatic heterocycles. The van der Waals surface area contributed by atoms with E-state index in [2.05, 4.69) is 10.3 Å². The number of benzene rings is 2. The zero-order chi connectivity index (χ0) is 20.6.